The summed E-state index contributed by atoms with van der Waals surface area (Å²) in [5.41, 5.74) is 1.60. The minimum Gasteiger partial charge on any atom is -0.460 e. The third kappa shape index (κ3) is 6.47. The van der Waals surface area contributed by atoms with Crippen LogP contribution in [0.1, 0.15) is 43.6 Å². The SMILES string of the molecule is CN(CCN(C)C(=O)c1ccc(B2OC(C)(C)C(C)(C)O2)cc1)CC(=O)OCc1ccccc1. The molecule has 1 fully saturated rings. The second-order valence-electron chi connectivity index (χ2n) is 9.82. The van der Waals surface area contributed by atoms with Crippen LogP contribution in [0, 0.1) is 0 Å². The summed E-state index contributed by atoms with van der Waals surface area (Å²) in [6, 6.07) is 16.9. The number of rotatable bonds is 9. The van der Waals surface area contributed by atoms with Gasteiger partial charge in [-0.1, -0.05) is 42.5 Å². The average molecular weight is 466 g/mol. The molecule has 1 saturated heterocycles. The fourth-order valence-electron chi connectivity index (χ4n) is 3.49. The lowest BCUT2D eigenvalue weighted by atomic mass is 9.79. The molecule has 0 saturated carbocycles. The van der Waals surface area contributed by atoms with E-state index in [2.05, 4.69) is 0 Å². The first-order valence-corrected chi connectivity index (χ1v) is 11.6. The van der Waals surface area contributed by atoms with Gasteiger partial charge in [0.25, 0.3) is 5.91 Å². The van der Waals surface area contributed by atoms with E-state index in [1.54, 1.807) is 24.1 Å². The number of carbonyl (C=O) groups is 2. The number of benzene rings is 2. The number of ether oxygens (including phenoxy) is 1. The molecule has 0 radical (unpaired) electrons. The fourth-order valence-corrected chi connectivity index (χ4v) is 3.49. The van der Waals surface area contributed by atoms with Crippen LogP contribution in [-0.4, -0.2) is 73.7 Å². The normalized spacial score (nSPS) is 16.5. The molecule has 1 heterocycles. The summed E-state index contributed by atoms with van der Waals surface area (Å²) in [7, 11) is 3.13. The van der Waals surface area contributed by atoms with Crippen molar-refractivity contribution >= 4 is 24.5 Å². The van der Waals surface area contributed by atoms with Gasteiger partial charge in [0, 0.05) is 25.7 Å². The number of esters is 1. The minimum atomic E-state index is -0.456. The molecule has 8 heteroatoms. The van der Waals surface area contributed by atoms with Crippen molar-refractivity contribution in [3.05, 3.63) is 65.7 Å². The highest BCUT2D eigenvalue weighted by Gasteiger charge is 2.51. The zero-order valence-electron chi connectivity index (χ0n) is 21.0. The van der Waals surface area contributed by atoms with Crippen molar-refractivity contribution in [2.75, 3.05) is 33.7 Å². The summed E-state index contributed by atoms with van der Waals surface area (Å²) in [5, 5.41) is 0. The first-order chi connectivity index (χ1) is 16.0. The number of hydrogen-bond donors (Lipinski definition) is 0. The molecule has 34 heavy (non-hydrogen) atoms. The maximum atomic E-state index is 12.8. The van der Waals surface area contributed by atoms with Gasteiger partial charge < -0.3 is 18.9 Å². The Hall–Kier alpha value is -2.68. The molecule has 182 valence electrons. The molecule has 0 bridgehead atoms. The molecular formula is C26H35BN2O5. The van der Waals surface area contributed by atoms with Gasteiger partial charge in [0.1, 0.15) is 6.61 Å². The molecule has 1 amide bonds. The maximum absolute atomic E-state index is 12.8. The zero-order chi connectivity index (χ0) is 24.9. The lowest BCUT2D eigenvalue weighted by Crippen LogP contribution is -2.41. The summed E-state index contributed by atoms with van der Waals surface area (Å²) in [4.78, 5) is 28.4. The quantitative estimate of drug-likeness (QED) is 0.418. The second kappa shape index (κ2) is 10.7. The van der Waals surface area contributed by atoms with Gasteiger partial charge in [0.05, 0.1) is 17.7 Å². The molecule has 3 rings (SSSR count). The van der Waals surface area contributed by atoms with Crippen LogP contribution in [0.2, 0.25) is 0 Å². The molecule has 0 aliphatic carbocycles. The zero-order valence-corrected chi connectivity index (χ0v) is 21.0. The van der Waals surface area contributed by atoms with Crippen molar-refractivity contribution in [2.24, 2.45) is 0 Å². The molecule has 2 aromatic carbocycles. The molecule has 2 aromatic rings. The Kier molecular flexibility index (Phi) is 8.18. The van der Waals surface area contributed by atoms with Crippen LogP contribution in [0.15, 0.2) is 54.6 Å². The predicted molar refractivity (Wildman–Crippen MR) is 133 cm³/mol. The summed E-state index contributed by atoms with van der Waals surface area (Å²) in [5.74, 6) is -0.376. The molecule has 0 N–H and O–H groups in total. The molecule has 0 atom stereocenters. The van der Waals surface area contributed by atoms with Crippen LogP contribution in [0.25, 0.3) is 0 Å². The van der Waals surface area contributed by atoms with E-state index in [1.165, 1.54) is 0 Å². The molecule has 0 unspecified atom stereocenters. The highest BCUT2D eigenvalue weighted by Crippen LogP contribution is 2.36. The van der Waals surface area contributed by atoms with E-state index in [4.69, 9.17) is 14.0 Å². The maximum Gasteiger partial charge on any atom is 0.494 e. The Morgan fingerprint density at radius 3 is 2.06 bits per heavy atom. The average Bonchev–Trinajstić information content (AvgIpc) is 3.03. The van der Waals surface area contributed by atoms with Crippen molar-refractivity contribution < 1.29 is 23.6 Å². The Labute approximate surface area is 203 Å². The van der Waals surface area contributed by atoms with Gasteiger partial charge in [-0.05, 0) is 57.9 Å². The molecule has 0 aromatic heterocycles. The number of nitrogens with zero attached hydrogens (tertiary/aromatic N) is 2. The standard InChI is InChI=1S/C26H35BN2O5/c1-25(2)26(3,4)34-27(33-25)22-14-12-21(13-15-22)24(31)29(6)17-16-28(5)18-23(30)32-19-20-10-8-7-9-11-20/h7-15H,16-19H2,1-6H3. The van der Waals surface area contributed by atoms with Gasteiger partial charge in [-0.15, -0.1) is 0 Å². The van der Waals surface area contributed by atoms with E-state index in [9.17, 15) is 9.59 Å². The van der Waals surface area contributed by atoms with Gasteiger partial charge in [-0.2, -0.15) is 0 Å². The van der Waals surface area contributed by atoms with E-state index < -0.39 is 18.3 Å². The van der Waals surface area contributed by atoms with Gasteiger partial charge in [-0.25, -0.2) is 0 Å². The van der Waals surface area contributed by atoms with E-state index in [-0.39, 0.29) is 25.0 Å². The van der Waals surface area contributed by atoms with E-state index >= 15 is 0 Å². The molecule has 0 spiro atoms. The Morgan fingerprint density at radius 1 is 0.882 bits per heavy atom. The highest BCUT2D eigenvalue weighted by molar-refractivity contribution is 6.62. The first kappa shape index (κ1) is 25.9. The summed E-state index contributed by atoms with van der Waals surface area (Å²) >= 11 is 0. The van der Waals surface area contributed by atoms with Gasteiger partial charge in [-0.3, -0.25) is 14.5 Å². The van der Waals surface area contributed by atoms with E-state index in [0.29, 0.717) is 18.7 Å². The summed E-state index contributed by atoms with van der Waals surface area (Å²) < 4.78 is 17.5. The van der Waals surface area contributed by atoms with Crippen LogP contribution in [0.5, 0.6) is 0 Å². The van der Waals surface area contributed by atoms with E-state index in [1.807, 2.05) is 82.1 Å². The van der Waals surface area contributed by atoms with Crippen molar-refractivity contribution in [1.29, 1.82) is 0 Å². The van der Waals surface area contributed by atoms with Crippen LogP contribution >= 0.6 is 0 Å². The number of likely N-dealkylation sites (N-methyl/N-ethyl adjacent to an activating group) is 2. The van der Waals surface area contributed by atoms with E-state index in [0.717, 1.165) is 11.0 Å². The van der Waals surface area contributed by atoms with Gasteiger partial charge >= 0.3 is 13.1 Å². The topological polar surface area (TPSA) is 68.3 Å². The van der Waals surface area contributed by atoms with Crippen LogP contribution in [0.3, 0.4) is 0 Å². The lowest BCUT2D eigenvalue weighted by molar-refractivity contribution is -0.145. The molecular weight excluding hydrogens is 431 g/mol. The van der Waals surface area contributed by atoms with Gasteiger partial charge in [0.15, 0.2) is 0 Å². The Balaban J connectivity index is 1.44. The Morgan fingerprint density at radius 2 is 1.47 bits per heavy atom. The number of hydrogen-bond acceptors (Lipinski definition) is 6. The van der Waals surface area contributed by atoms with Crippen molar-refractivity contribution in [3.8, 4) is 0 Å². The third-order valence-electron chi connectivity index (χ3n) is 6.49. The molecule has 7 nitrogen and oxygen atoms in total. The Bertz CT molecular complexity index is 962. The van der Waals surface area contributed by atoms with Crippen LogP contribution in [0.4, 0.5) is 0 Å². The highest BCUT2D eigenvalue weighted by atomic mass is 16.7. The summed E-state index contributed by atoms with van der Waals surface area (Å²) in [6.45, 7) is 9.51. The number of carbonyl (C=O) groups excluding carboxylic acids is 2. The van der Waals surface area contributed by atoms with Crippen LogP contribution < -0.4 is 5.46 Å². The molecule has 1 aliphatic rings. The fraction of sp³-hybridized carbons (Fsp3) is 0.462. The van der Waals surface area contributed by atoms with Crippen LogP contribution in [-0.2, 0) is 25.4 Å². The first-order valence-electron chi connectivity index (χ1n) is 11.6. The summed E-state index contributed by atoms with van der Waals surface area (Å²) in [6.07, 6.45) is 0. The second-order valence-corrected chi connectivity index (χ2v) is 9.82. The predicted octanol–water partition coefficient (Wildman–Crippen LogP) is 2.73. The number of amides is 1. The largest absolute Gasteiger partial charge is 0.494 e. The van der Waals surface area contributed by atoms with Crippen molar-refractivity contribution in [1.82, 2.24) is 9.80 Å². The molecule has 1 aliphatic heterocycles. The van der Waals surface area contributed by atoms with Crippen molar-refractivity contribution in [2.45, 2.75) is 45.5 Å². The third-order valence-corrected chi connectivity index (χ3v) is 6.49. The van der Waals surface area contributed by atoms with Crippen molar-refractivity contribution in [3.63, 3.8) is 0 Å². The van der Waals surface area contributed by atoms with Gasteiger partial charge in [0.2, 0.25) is 0 Å². The minimum absolute atomic E-state index is 0.0828. The lowest BCUT2D eigenvalue weighted by Gasteiger charge is -2.32. The monoisotopic (exact) mass is 466 g/mol. The smallest absolute Gasteiger partial charge is 0.460 e.